The molecule has 0 amide bonds. The van der Waals surface area contributed by atoms with Gasteiger partial charge in [-0.25, -0.2) is 4.98 Å². The Morgan fingerprint density at radius 3 is 2.89 bits per heavy atom. The Bertz CT molecular complexity index is 434. The predicted molar refractivity (Wildman–Crippen MR) is 73.2 cm³/mol. The van der Waals surface area contributed by atoms with Gasteiger partial charge in [0, 0.05) is 12.2 Å². The summed E-state index contributed by atoms with van der Waals surface area (Å²) in [4.78, 5) is 4.31. The Morgan fingerprint density at radius 2 is 2.17 bits per heavy atom. The standard InChI is InChI=1S/C15H21N3/c1-11(2)13-5-3-4-6-14(13)18-15-9-12(10-16)7-8-17-15/h7-9,11,13-14H,3-6H2,1-2H3,(H,17,18). The zero-order valence-electron chi connectivity index (χ0n) is 11.2. The molecule has 0 aromatic carbocycles. The van der Waals surface area contributed by atoms with E-state index in [0.717, 1.165) is 5.82 Å². The molecule has 0 saturated heterocycles. The van der Waals surface area contributed by atoms with E-state index < -0.39 is 0 Å². The average molecular weight is 243 g/mol. The zero-order chi connectivity index (χ0) is 13.0. The number of anilines is 1. The van der Waals surface area contributed by atoms with Crippen LogP contribution in [0, 0.1) is 23.2 Å². The molecule has 3 heteroatoms. The van der Waals surface area contributed by atoms with E-state index in [1.807, 2.05) is 6.07 Å². The Balaban J connectivity index is 2.08. The fourth-order valence-corrected chi connectivity index (χ4v) is 2.91. The van der Waals surface area contributed by atoms with Crippen LogP contribution in [0.3, 0.4) is 0 Å². The molecular weight excluding hydrogens is 222 g/mol. The number of nitrogens with zero attached hydrogens (tertiary/aromatic N) is 2. The van der Waals surface area contributed by atoms with E-state index in [2.05, 4.69) is 30.2 Å². The van der Waals surface area contributed by atoms with Gasteiger partial charge < -0.3 is 5.32 Å². The maximum absolute atomic E-state index is 8.90. The molecule has 1 saturated carbocycles. The molecule has 0 spiro atoms. The lowest BCUT2D eigenvalue weighted by Gasteiger charge is -2.35. The molecule has 1 aliphatic carbocycles. The first-order chi connectivity index (χ1) is 8.70. The summed E-state index contributed by atoms with van der Waals surface area (Å²) in [6.07, 6.45) is 6.84. The Labute approximate surface area is 109 Å². The lowest BCUT2D eigenvalue weighted by molar-refractivity contribution is 0.253. The predicted octanol–water partition coefficient (Wildman–Crippen LogP) is 3.58. The van der Waals surface area contributed by atoms with Crippen LogP contribution in [0.4, 0.5) is 5.82 Å². The number of aromatic nitrogens is 1. The Morgan fingerprint density at radius 1 is 1.39 bits per heavy atom. The monoisotopic (exact) mass is 243 g/mol. The van der Waals surface area contributed by atoms with Crippen LogP contribution in [0.5, 0.6) is 0 Å². The van der Waals surface area contributed by atoms with Gasteiger partial charge >= 0.3 is 0 Å². The largest absolute Gasteiger partial charge is 0.367 e. The summed E-state index contributed by atoms with van der Waals surface area (Å²) in [7, 11) is 0. The van der Waals surface area contributed by atoms with Crippen molar-refractivity contribution in [3.05, 3.63) is 23.9 Å². The number of nitrogens with one attached hydrogen (secondary N) is 1. The fraction of sp³-hybridized carbons (Fsp3) is 0.600. The van der Waals surface area contributed by atoms with Crippen molar-refractivity contribution in [2.45, 2.75) is 45.6 Å². The normalized spacial score (nSPS) is 23.7. The maximum atomic E-state index is 8.90. The Kier molecular flexibility index (Phi) is 4.19. The van der Waals surface area contributed by atoms with Crippen LogP contribution in [0.1, 0.15) is 45.1 Å². The van der Waals surface area contributed by atoms with Crippen molar-refractivity contribution in [2.24, 2.45) is 11.8 Å². The van der Waals surface area contributed by atoms with Crippen LogP contribution >= 0.6 is 0 Å². The molecule has 0 bridgehead atoms. The van der Waals surface area contributed by atoms with Crippen molar-refractivity contribution in [1.82, 2.24) is 4.98 Å². The molecule has 1 aromatic rings. The molecule has 1 fully saturated rings. The average Bonchev–Trinajstić information content (AvgIpc) is 2.39. The van der Waals surface area contributed by atoms with Gasteiger partial charge in [0.25, 0.3) is 0 Å². The third-order valence-corrected chi connectivity index (χ3v) is 3.90. The highest BCUT2D eigenvalue weighted by Gasteiger charge is 2.27. The number of hydrogen-bond acceptors (Lipinski definition) is 3. The van der Waals surface area contributed by atoms with Gasteiger partial charge in [-0.2, -0.15) is 5.26 Å². The molecule has 2 atom stereocenters. The van der Waals surface area contributed by atoms with Crippen molar-refractivity contribution in [3.8, 4) is 6.07 Å². The smallest absolute Gasteiger partial charge is 0.127 e. The molecule has 0 aliphatic heterocycles. The summed E-state index contributed by atoms with van der Waals surface area (Å²) in [5.74, 6) is 2.25. The van der Waals surface area contributed by atoms with Crippen LogP contribution < -0.4 is 5.32 Å². The summed E-state index contributed by atoms with van der Waals surface area (Å²) in [5, 5.41) is 12.4. The second-order valence-corrected chi connectivity index (χ2v) is 5.48. The molecule has 2 unspecified atom stereocenters. The van der Waals surface area contributed by atoms with E-state index in [1.165, 1.54) is 25.7 Å². The summed E-state index contributed by atoms with van der Waals surface area (Å²) in [5.41, 5.74) is 0.671. The van der Waals surface area contributed by atoms with Crippen LogP contribution in [-0.4, -0.2) is 11.0 Å². The molecule has 18 heavy (non-hydrogen) atoms. The zero-order valence-corrected chi connectivity index (χ0v) is 11.2. The maximum Gasteiger partial charge on any atom is 0.127 e. The van der Waals surface area contributed by atoms with E-state index in [1.54, 1.807) is 12.3 Å². The van der Waals surface area contributed by atoms with Crippen LogP contribution in [0.2, 0.25) is 0 Å². The lowest BCUT2D eigenvalue weighted by Crippen LogP contribution is -2.35. The van der Waals surface area contributed by atoms with Gasteiger partial charge in [0.1, 0.15) is 5.82 Å². The van der Waals surface area contributed by atoms with Crippen molar-refractivity contribution >= 4 is 5.82 Å². The highest BCUT2D eigenvalue weighted by atomic mass is 15.0. The quantitative estimate of drug-likeness (QED) is 0.882. The molecular formula is C15H21N3. The minimum atomic E-state index is 0.500. The van der Waals surface area contributed by atoms with Crippen LogP contribution in [-0.2, 0) is 0 Å². The molecule has 0 radical (unpaired) electrons. The molecule has 1 aliphatic rings. The first-order valence-corrected chi connectivity index (χ1v) is 6.83. The summed E-state index contributed by atoms with van der Waals surface area (Å²) >= 11 is 0. The van der Waals surface area contributed by atoms with Crippen molar-refractivity contribution in [3.63, 3.8) is 0 Å². The van der Waals surface area contributed by atoms with Crippen LogP contribution in [0.15, 0.2) is 18.3 Å². The summed E-state index contributed by atoms with van der Waals surface area (Å²) in [6.45, 7) is 4.59. The van der Waals surface area contributed by atoms with Gasteiger partial charge in [-0.3, -0.25) is 0 Å². The van der Waals surface area contributed by atoms with E-state index in [0.29, 0.717) is 23.4 Å². The minimum Gasteiger partial charge on any atom is -0.367 e. The first kappa shape index (κ1) is 12.9. The van der Waals surface area contributed by atoms with Gasteiger partial charge in [-0.15, -0.1) is 0 Å². The summed E-state index contributed by atoms with van der Waals surface area (Å²) in [6, 6.07) is 6.24. The fourth-order valence-electron chi connectivity index (χ4n) is 2.91. The highest BCUT2D eigenvalue weighted by molar-refractivity contribution is 5.43. The van der Waals surface area contributed by atoms with Gasteiger partial charge in [0.05, 0.1) is 11.6 Å². The number of hydrogen-bond donors (Lipinski definition) is 1. The lowest BCUT2D eigenvalue weighted by atomic mass is 9.78. The number of pyridine rings is 1. The highest BCUT2D eigenvalue weighted by Crippen LogP contribution is 2.31. The minimum absolute atomic E-state index is 0.500. The SMILES string of the molecule is CC(C)C1CCCCC1Nc1cc(C#N)ccn1. The van der Waals surface area contributed by atoms with Gasteiger partial charge in [-0.1, -0.05) is 26.7 Å². The summed E-state index contributed by atoms with van der Waals surface area (Å²) < 4.78 is 0. The third-order valence-electron chi connectivity index (χ3n) is 3.90. The molecule has 2 rings (SSSR count). The molecule has 1 heterocycles. The van der Waals surface area contributed by atoms with E-state index in [4.69, 9.17) is 5.26 Å². The topological polar surface area (TPSA) is 48.7 Å². The van der Waals surface area contributed by atoms with Gasteiger partial charge in [0.15, 0.2) is 0 Å². The Hall–Kier alpha value is -1.56. The second kappa shape index (κ2) is 5.86. The van der Waals surface area contributed by atoms with E-state index >= 15 is 0 Å². The van der Waals surface area contributed by atoms with Crippen molar-refractivity contribution in [2.75, 3.05) is 5.32 Å². The van der Waals surface area contributed by atoms with Crippen molar-refractivity contribution in [1.29, 1.82) is 5.26 Å². The first-order valence-electron chi connectivity index (χ1n) is 6.83. The molecule has 96 valence electrons. The van der Waals surface area contributed by atoms with Gasteiger partial charge in [0.2, 0.25) is 0 Å². The molecule has 1 aromatic heterocycles. The molecule has 3 nitrogen and oxygen atoms in total. The molecule has 1 N–H and O–H groups in total. The second-order valence-electron chi connectivity index (χ2n) is 5.48. The van der Waals surface area contributed by atoms with Crippen molar-refractivity contribution < 1.29 is 0 Å². The van der Waals surface area contributed by atoms with E-state index in [-0.39, 0.29) is 0 Å². The number of nitriles is 1. The number of rotatable bonds is 3. The van der Waals surface area contributed by atoms with Gasteiger partial charge in [-0.05, 0) is 36.8 Å². The van der Waals surface area contributed by atoms with E-state index in [9.17, 15) is 0 Å². The van der Waals surface area contributed by atoms with Crippen LogP contribution in [0.25, 0.3) is 0 Å². The third kappa shape index (κ3) is 3.01.